The van der Waals surface area contributed by atoms with Crippen molar-refractivity contribution in [2.45, 2.75) is 26.8 Å². The molecule has 2 rings (SSSR count). The van der Waals surface area contributed by atoms with Crippen LogP contribution in [0.5, 0.6) is 0 Å². The lowest BCUT2D eigenvalue weighted by atomic mass is 9.93. The number of benzene rings is 2. The van der Waals surface area contributed by atoms with Gasteiger partial charge in [0.05, 0.1) is 11.1 Å². The van der Waals surface area contributed by atoms with E-state index in [1.807, 2.05) is 6.07 Å². The lowest BCUT2D eigenvalue weighted by Crippen LogP contribution is -2.23. The van der Waals surface area contributed by atoms with Crippen LogP contribution in [-0.2, 0) is 0 Å². The van der Waals surface area contributed by atoms with Crippen LogP contribution < -0.4 is 5.32 Å². The van der Waals surface area contributed by atoms with Crippen molar-refractivity contribution >= 4 is 27.5 Å². The van der Waals surface area contributed by atoms with Gasteiger partial charge in [-0.05, 0) is 65.1 Å². The third kappa shape index (κ3) is 3.43. The van der Waals surface area contributed by atoms with E-state index in [1.165, 1.54) is 22.3 Å². The normalized spacial score (nSPS) is 12.4. The van der Waals surface area contributed by atoms with Crippen LogP contribution in [0.1, 0.15) is 35.2 Å². The Morgan fingerprint density at radius 1 is 1.15 bits per heavy atom. The van der Waals surface area contributed by atoms with Crippen molar-refractivity contribution in [1.82, 2.24) is 5.32 Å². The standard InChI is InChI=1S/C17H19BrClN/c1-4-20-17(13-7-8-16(19)15(18)10-13)14-9-11(2)5-6-12(14)3/h5-10,17,20H,4H2,1-3H3. The number of hydrogen-bond acceptors (Lipinski definition) is 1. The van der Waals surface area contributed by atoms with Gasteiger partial charge in [-0.25, -0.2) is 0 Å². The minimum Gasteiger partial charge on any atom is -0.307 e. The van der Waals surface area contributed by atoms with Gasteiger partial charge in [0.2, 0.25) is 0 Å². The fourth-order valence-electron chi connectivity index (χ4n) is 2.37. The first-order valence-corrected chi connectivity index (χ1v) is 7.95. The van der Waals surface area contributed by atoms with Crippen LogP contribution in [-0.4, -0.2) is 6.54 Å². The molecule has 1 nitrogen and oxygen atoms in total. The molecule has 20 heavy (non-hydrogen) atoms. The van der Waals surface area contributed by atoms with Gasteiger partial charge in [-0.2, -0.15) is 0 Å². The van der Waals surface area contributed by atoms with Crippen LogP contribution in [0.3, 0.4) is 0 Å². The number of hydrogen-bond donors (Lipinski definition) is 1. The molecule has 0 fully saturated rings. The predicted molar refractivity (Wildman–Crippen MR) is 90.6 cm³/mol. The van der Waals surface area contributed by atoms with Gasteiger partial charge in [-0.1, -0.05) is 48.4 Å². The first-order valence-electron chi connectivity index (χ1n) is 6.78. The largest absolute Gasteiger partial charge is 0.307 e. The molecule has 1 N–H and O–H groups in total. The monoisotopic (exact) mass is 351 g/mol. The number of halogens is 2. The fourth-order valence-corrected chi connectivity index (χ4v) is 2.89. The smallest absolute Gasteiger partial charge is 0.0579 e. The molecule has 2 aromatic rings. The Kier molecular flexibility index (Phi) is 5.25. The maximum Gasteiger partial charge on any atom is 0.0579 e. The van der Waals surface area contributed by atoms with Crippen LogP contribution >= 0.6 is 27.5 Å². The summed E-state index contributed by atoms with van der Waals surface area (Å²) in [5.74, 6) is 0. The average molecular weight is 353 g/mol. The molecule has 0 aliphatic rings. The van der Waals surface area contributed by atoms with Crippen LogP contribution in [0, 0.1) is 13.8 Å². The Morgan fingerprint density at radius 3 is 2.55 bits per heavy atom. The predicted octanol–water partition coefficient (Wildman–Crippen LogP) is 5.42. The topological polar surface area (TPSA) is 12.0 Å². The molecule has 2 aromatic carbocycles. The molecule has 3 heteroatoms. The van der Waals surface area contributed by atoms with Gasteiger partial charge in [0.1, 0.15) is 0 Å². The van der Waals surface area contributed by atoms with E-state index in [0.717, 1.165) is 16.0 Å². The van der Waals surface area contributed by atoms with E-state index in [-0.39, 0.29) is 6.04 Å². The summed E-state index contributed by atoms with van der Waals surface area (Å²) in [6.45, 7) is 7.33. The Bertz CT molecular complexity index is 610. The third-order valence-electron chi connectivity index (χ3n) is 3.43. The van der Waals surface area contributed by atoms with Crippen LogP contribution in [0.15, 0.2) is 40.9 Å². The molecule has 0 saturated carbocycles. The Labute approximate surface area is 134 Å². The van der Waals surface area contributed by atoms with E-state index in [2.05, 4.69) is 72.3 Å². The van der Waals surface area contributed by atoms with Gasteiger partial charge in [-0.15, -0.1) is 0 Å². The fraction of sp³-hybridized carbons (Fsp3) is 0.294. The third-order valence-corrected chi connectivity index (χ3v) is 4.64. The van der Waals surface area contributed by atoms with Gasteiger partial charge in [0, 0.05) is 4.47 Å². The molecule has 0 amide bonds. The van der Waals surface area contributed by atoms with E-state index in [9.17, 15) is 0 Å². The van der Waals surface area contributed by atoms with Crippen molar-refractivity contribution < 1.29 is 0 Å². The van der Waals surface area contributed by atoms with Crippen molar-refractivity contribution in [3.8, 4) is 0 Å². The summed E-state index contributed by atoms with van der Waals surface area (Å²) < 4.78 is 0.935. The van der Waals surface area contributed by atoms with E-state index in [4.69, 9.17) is 11.6 Å². The first kappa shape index (κ1) is 15.6. The van der Waals surface area contributed by atoms with Crippen LogP contribution in [0.25, 0.3) is 0 Å². The number of nitrogens with one attached hydrogen (secondary N) is 1. The highest BCUT2D eigenvalue weighted by atomic mass is 79.9. The minimum absolute atomic E-state index is 0.188. The molecular formula is C17H19BrClN. The lowest BCUT2D eigenvalue weighted by Gasteiger charge is -2.22. The summed E-state index contributed by atoms with van der Waals surface area (Å²) >= 11 is 9.61. The maximum atomic E-state index is 6.10. The van der Waals surface area contributed by atoms with Crippen molar-refractivity contribution in [3.05, 3.63) is 68.1 Å². The van der Waals surface area contributed by atoms with Gasteiger partial charge in [0.25, 0.3) is 0 Å². The Hall–Kier alpha value is -0.830. The number of aryl methyl sites for hydroxylation is 2. The van der Waals surface area contributed by atoms with Gasteiger partial charge >= 0.3 is 0 Å². The number of rotatable bonds is 4. The summed E-state index contributed by atoms with van der Waals surface area (Å²) in [4.78, 5) is 0. The maximum absolute atomic E-state index is 6.10. The molecule has 0 aliphatic heterocycles. The zero-order valence-electron chi connectivity index (χ0n) is 12.0. The summed E-state index contributed by atoms with van der Waals surface area (Å²) in [5.41, 5.74) is 5.12. The molecule has 0 saturated heterocycles. The highest BCUT2D eigenvalue weighted by molar-refractivity contribution is 9.10. The zero-order chi connectivity index (χ0) is 14.7. The Morgan fingerprint density at radius 2 is 1.90 bits per heavy atom. The molecule has 0 aromatic heterocycles. The lowest BCUT2D eigenvalue weighted by molar-refractivity contribution is 0.627. The van der Waals surface area contributed by atoms with Gasteiger partial charge in [0.15, 0.2) is 0 Å². The second-order valence-corrected chi connectivity index (χ2v) is 6.29. The molecule has 0 bridgehead atoms. The van der Waals surface area contributed by atoms with Crippen LogP contribution in [0.2, 0.25) is 5.02 Å². The van der Waals surface area contributed by atoms with Crippen molar-refractivity contribution in [2.75, 3.05) is 6.54 Å². The van der Waals surface area contributed by atoms with E-state index in [1.54, 1.807) is 0 Å². The zero-order valence-corrected chi connectivity index (χ0v) is 14.3. The molecule has 0 spiro atoms. The van der Waals surface area contributed by atoms with Crippen molar-refractivity contribution in [1.29, 1.82) is 0 Å². The molecule has 0 radical (unpaired) electrons. The molecule has 1 unspecified atom stereocenters. The highest BCUT2D eigenvalue weighted by Crippen LogP contribution is 2.30. The first-order chi connectivity index (χ1) is 9.52. The molecular weight excluding hydrogens is 334 g/mol. The van der Waals surface area contributed by atoms with E-state index >= 15 is 0 Å². The highest BCUT2D eigenvalue weighted by Gasteiger charge is 2.16. The molecule has 0 aliphatic carbocycles. The van der Waals surface area contributed by atoms with Gasteiger partial charge in [-0.3, -0.25) is 0 Å². The van der Waals surface area contributed by atoms with Crippen molar-refractivity contribution in [3.63, 3.8) is 0 Å². The molecule has 1 atom stereocenters. The second kappa shape index (κ2) is 6.75. The van der Waals surface area contributed by atoms with Crippen LogP contribution in [0.4, 0.5) is 0 Å². The minimum atomic E-state index is 0.188. The average Bonchev–Trinajstić information content (AvgIpc) is 2.42. The second-order valence-electron chi connectivity index (χ2n) is 5.02. The molecule has 106 valence electrons. The van der Waals surface area contributed by atoms with Gasteiger partial charge < -0.3 is 5.32 Å². The Balaban J connectivity index is 2.49. The van der Waals surface area contributed by atoms with E-state index < -0.39 is 0 Å². The summed E-state index contributed by atoms with van der Waals surface area (Å²) in [6.07, 6.45) is 0. The van der Waals surface area contributed by atoms with E-state index in [0.29, 0.717) is 0 Å². The summed E-state index contributed by atoms with van der Waals surface area (Å²) in [6, 6.07) is 12.9. The quantitative estimate of drug-likeness (QED) is 0.775. The SMILES string of the molecule is CCNC(c1ccc(Cl)c(Br)c1)c1cc(C)ccc1C. The summed E-state index contributed by atoms with van der Waals surface area (Å²) in [5, 5.41) is 4.31. The summed E-state index contributed by atoms with van der Waals surface area (Å²) in [7, 11) is 0. The molecule has 0 heterocycles. The van der Waals surface area contributed by atoms with Crippen molar-refractivity contribution in [2.24, 2.45) is 0 Å².